The van der Waals surface area contributed by atoms with Gasteiger partial charge in [0, 0.05) is 13.5 Å². The van der Waals surface area contributed by atoms with Gasteiger partial charge in [0.1, 0.15) is 0 Å². The van der Waals surface area contributed by atoms with E-state index in [1.807, 2.05) is 6.07 Å². The van der Waals surface area contributed by atoms with Gasteiger partial charge < -0.3 is 4.74 Å². The molecule has 0 aliphatic carbocycles. The molecule has 0 saturated carbocycles. The number of rotatable bonds is 5. The predicted molar refractivity (Wildman–Crippen MR) is 73.0 cm³/mol. The Kier molecular flexibility index (Phi) is 6.43. The molecule has 0 amide bonds. The lowest BCUT2D eigenvalue weighted by Crippen LogP contribution is -2.19. The molecule has 17 heavy (non-hydrogen) atoms. The molecular formula is C16H22O. The Hall–Kier alpha value is -1.26. The van der Waals surface area contributed by atoms with Crippen molar-refractivity contribution in [2.45, 2.75) is 45.1 Å². The minimum absolute atomic E-state index is 0.195. The summed E-state index contributed by atoms with van der Waals surface area (Å²) in [5, 5.41) is 0. The molecule has 2 unspecified atom stereocenters. The van der Waals surface area contributed by atoms with Crippen LogP contribution >= 0.6 is 0 Å². The molecule has 0 bridgehead atoms. The molecule has 0 saturated heterocycles. The van der Waals surface area contributed by atoms with E-state index in [0.717, 1.165) is 19.3 Å². The van der Waals surface area contributed by atoms with Gasteiger partial charge in [-0.15, -0.1) is 5.92 Å². The second-order valence-corrected chi connectivity index (χ2v) is 4.13. The smallest absolute Gasteiger partial charge is 0.0749 e. The van der Waals surface area contributed by atoms with Crippen LogP contribution in [0.1, 0.15) is 44.6 Å². The third-order valence-corrected chi connectivity index (χ3v) is 2.84. The summed E-state index contributed by atoms with van der Waals surface area (Å²) in [5.41, 5.74) is 1.26. The highest BCUT2D eigenvalue weighted by molar-refractivity contribution is 5.29. The van der Waals surface area contributed by atoms with E-state index in [2.05, 4.69) is 50.0 Å². The lowest BCUT2D eigenvalue weighted by molar-refractivity contribution is 0.0851. The fourth-order valence-corrected chi connectivity index (χ4v) is 1.97. The maximum Gasteiger partial charge on any atom is 0.0749 e. The van der Waals surface area contributed by atoms with Crippen molar-refractivity contribution in [3.8, 4) is 11.8 Å². The van der Waals surface area contributed by atoms with Crippen LogP contribution in [-0.4, -0.2) is 13.2 Å². The first-order valence-electron chi connectivity index (χ1n) is 6.39. The van der Waals surface area contributed by atoms with E-state index in [1.54, 1.807) is 7.11 Å². The summed E-state index contributed by atoms with van der Waals surface area (Å²) in [6, 6.07) is 10.4. The maximum absolute atomic E-state index is 5.60. The van der Waals surface area contributed by atoms with Crippen LogP contribution in [0.2, 0.25) is 0 Å². The van der Waals surface area contributed by atoms with Gasteiger partial charge in [-0.1, -0.05) is 56.5 Å². The van der Waals surface area contributed by atoms with Gasteiger partial charge >= 0.3 is 0 Å². The Morgan fingerprint density at radius 3 is 2.41 bits per heavy atom. The lowest BCUT2D eigenvalue weighted by atomic mass is 9.91. The number of ether oxygens (including phenoxy) is 1. The predicted octanol–water partition coefficient (Wildman–Crippen LogP) is 4.00. The Labute approximate surface area is 105 Å². The molecule has 1 aromatic carbocycles. The fraction of sp³-hybridized carbons (Fsp3) is 0.500. The standard InChI is InChI=1S/C16H22O/c1-4-6-13-15(16(17-3)10-5-2)14-11-8-7-9-12-14/h7-9,11-12,15-16H,4-5,10H2,1-3H3. The molecule has 0 N–H and O–H groups in total. The molecule has 0 spiro atoms. The second-order valence-electron chi connectivity index (χ2n) is 4.13. The van der Waals surface area contributed by atoms with Gasteiger partial charge in [0.05, 0.1) is 12.0 Å². The summed E-state index contributed by atoms with van der Waals surface area (Å²) in [6.45, 7) is 4.26. The molecule has 0 radical (unpaired) electrons. The van der Waals surface area contributed by atoms with Crippen molar-refractivity contribution >= 4 is 0 Å². The van der Waals surface area contributed by atoms with Gasteiger partial charge in [-0.2, -0.15) is 0 Å². The molecule has 1 aromatic rings. The summed E-state index contributed by atoms with van der Waals surface area (Å²) < 4.78 is 5.60. The third kappa shape index (κ3) is 4.24. The second kappa shape index (κ2) is 7.92. The van der Waals surface area contributed by atoms with Crippen molar-refractivity contribution in [3.63, 3.8) is 0 Å². The summed E-state index contributed by atoms with van der Waals surface area (Å²) in [5.74, 6) is 6.73. The van der Waals surface area contributed by atoms with Gasteiger partial charge in [-0.3, -0.25) is 0 Å². The molecule has 0 fully saturated rings. The number of hydrogen-bond acceptors (Lipinski definition) is 1. The Balaban J connectivity index is 2.94. The van der Waals surface area contributed by atoms with Crippen LogP contribution in [0.3, 0.4) is 0 Å². The van der Waals surface area contributed by atoms with Crippen molar-refractivity contribution in [1.82, 2.24) is 0 Å². The van der Waals surface area contributed by atoms with E-state index in [1.165, 1.54) is 5.56 Å². The first kappa shape index (κ1) is 13.8. The monoisotopic (exact) mass is 230 g/mol. The van der Waals surface area contributed by atoms with Crippen LogP contribution in [-0.2, 0) is 4.74 Å². The van der Waals surface area contributed by atoms with Crippen molar-refractivity contribution in [3.05, 3.63) is 35.9 Å². The Morgan fingerprint density at radius 2 is 1.88 bits per heavy atom. The van der Waals surface area contributed by atoms with Crippen LogP contribution in [0.25, 0.3) is 0 Å². The van der Waals surface area contributed by atoms with Crippen molar-refractivity contribution in [1.29, 1.82) is 0 Å². The average molecular weight is 230 g/mol. The minimum Gasteiger partial charge on any atom is -0.380 e. The lowest BCUT2D eigenvalue weighted by Gasteiger charge is -2.21. The Morgan fingerprint density at radius 1 is 1.18 bits per heavy atom. The summed E-state index contributed by atoms with van der Waals surface area (Å²) >= 11 is 0. The number of methoxy groups -OCH3 is 1. The fourth-order valence-electron chi connectivity index (χ4n) is 1.97. The van der Waals surface area contributed by atoms with E-state index in [-0.39, 0.29) is 12.0 Å². The number of benzene rings is 1. The topological polar surface area (TPSA) is 9.23 Å². The van der Waals surface area contributed by atoms with Gasteiger partial charge in [-0.05, 0) is 12.0 Å². The zero-order valence-corrected chi connectivity index (χ0v) is 11.1. The van der Waals surface area contributed by atoms with E-state index >= 15 is 0 Å². The van der Waals surface area contributed by atoms with Crippen molar-refractivity contribution in [2.75, 3.05) is 7.11 Å². The molecule has 0 aliphatic rings. The largest absolute Gasteiger partial charge is 0.380 e. The molecule has 0 heterocycles. The minimum atomic E-state index is 0.195. The van der Waals surface area contributed by atoms with Gasteiger partial charge in [0.25, 0.3) is 0 Å². The van der Waals surface area contributed by atoms with Crippen LogP contribution in [0.15, 0.2) is 30.3 Å². The highest BCUT2D eigenvalue weighted by Gasteiger charge is 2.19. The summed E-state index contributed by atoms with van der Waals surface area (Å²) in [6.07, 6.45) is 3.26. The molecule has 0 aromatic heterocycles. The quantitative estimate of drug-likeness (QED) is 0.695. The first-order chi connectivity index (χ1) is 8.33. The first-order valence-corrected chi connectivity index (χ1v) is 6.39. The normalized spacial score (nSPS) is 13.6. The highest BCUT2D eigenvalue weighted by atomic mass is 16.5. The summed E-state index contributed by atoms with van der Waals surface area (Å²) in [4.78, 5) is 0. The van der Waals surface area contributed by atoms with Crippen molar-refractivity contribution < 1.29 is 4.74 Å². The van der Waals surface area contributed by atoms with Crippen molar-refractivity contribution in [2.24, 2.45) is 0 Å². The highest BCUT2D eigenvalue weighted by Crippen LogP contribution is 2.24. The van der Waals surface area contributed by atoms with E-state index < -0.39 is 0 Å². The molecule has 1 heteroatoms. The van der Waals surface area contributed by atoms with Gasteiger partial charge in [0.15, 0.2) is 0 Å². The van der Waals surface area contributed by atoms with E-state index in [9.17, 15) is 0 Å². The zero-order chi connectivity index (χ0) is 12.5. The summed E-state index contributed by atoms with van der Waals surface area (Å²) in [7, 11) is 1.78. The maximum atomic E-state index is 5.60. The molecule has 0 aliphatic heterocycles. The van der Waals surface area contributed by atoms with Crippen LogP contribution < -0.4 is 0 Å². The van der Waals surface area contributed by atoms with Gasteiger partial charge in [0.2, 0.25) is 0 Å². The number of hydrogen-bond donors (Lipinski definition) is 0. The van der Waals surface area contributed by atoms with Crippen LogP contribution in [0.5, 0.6) is 0 Å². The van der Waals surface area contributed by atoms with E-state index in [0.29, 0.717) is 0 Å². The van der Waals surface area contributed by atoms with E-state index in [4.69, 9.17) is 4.74 Å². The zero-order valence-electron chi connectivity index (χ0n) is 11.1. The molecular weight excluding hydrogens is 208 g/mol. The SMILES string of the molecule is CCC#CC(c1ccccc1)C(CCC)OC. The van der Waals surface area contributed by atoms with Gasteiger partial charge in [-0.25, -0.2) is 0 Å². The Bertz CT molecular complexity index is 358. The third-order valence-electron chi connectivity index (χ3n) is 2.84. The molecule has 92 valence electrons. The molecule has 1 nitrogen and oxygen atoms in total. The molecule has 2 atom stereocenters. The average Bonchev–Trinajstić information content (AvgIpc) is 2.39. The molecule has 1 rings (SSSR count). The van der Waals surface area contributed by atoms with Crippen LogP contribution in [0, 0.1) is 11.8 Å². The van der Waals surface area contributed by atoms with Crippen LogP contribution in [0.4, 0.5) is 0 Å².